The summed E-state index contributed by atoms with van der Waals surface area (Å²) in [5.41, 5.74) is 2.89. The molecule has 0 N–H and O–H groups in total. The number of nitrogens with zero attached hydrogens (tertiary/aromatic N) is 6. The van der Waals surface area contributed by atoms with Gasteiger partial charge in [-0.1, -0.05) is 29.3 Å². The fourth-order valence-electron chi connectivity index (χ4n) is 7.41. The molecule has 8 rings (SSSR count). The molecule has 0 spiro atoms. The van der Waals surface area contributed by atoms with Gasteiger partial charge in [0, 0.05) is 50.5 Å². The lowest BCUT2D eigenvalue weighted by Crippen LogP contribution is -2.59. The van der Waals surface area contributed by atoms with Crippen molar-refractivity contribution in [3.05, 3.63) is 99.6 Å². The largest absolute Gasteiger partial charge is 0.465 e. The van der Waals surface area contributed by atoms with E-state index >= 15 is 4.39 Å². The number of hydrogen-bond donors (Lipinski definition) is 0. The van der Waals surface area contributed by atoms with Crippen LogP contribution in [0.4, 0.5) is 10.1 Å². The molecule has 3 aromatic carbocycles. The molecule has 14 heteroatoms. The third-order valence-corrected chi connectivity index (χ3v) is 10.5. The van der Waals surface area contributed by atoms with E-state index in [2.05, 4.69) is 23.9 Å². The Balaban J connectivity index is 1.08. The van der Waals surface area contributed by atoms with Gasteiger partial charge in [-0.05, 0) is 49.4 Å². The van der Waals surface area contributed by atoms with Crippen LogP contribution in [-0.4, -0.2) is 75.5 Å². The van der Waals surface area contributed by atoms with E-state index in [0.29, 0.717) is 78.6 Å². The Morgan fingerprint density at radius 1 is 1.08 bits per heavy atom. The second-order valence-electron chi connectivity index (χ2n) is 12.9. The summed E-state index contributed by atoms with van der Waals surface area (Å²) in [5.74, 6) is 0.533. The number of fused-ring (bicyclic) bond motifs is 3. The summed E-state index contributed by atoms with van der Waals surface area (Å²) in [6.45, 7) is 7.93. The normalized spacial score (nSPS) is 21.6. The first-order chi connectivity index (χ1) is 24.1. The molecule has 11 nitrogen and oxygen atoms in total. The van der Waals surface area contributed by atoms with Crippen LogP contribution in [0.5, 0.6) is 11.5 Å². The van der Waals surface area contributed by atoms with Crippen molar-refractivity contribution < 1.29 is 28.1 Å². The van der Waals surface area contributed by atoms with Crippen LogP contribution in [0.3, 0.4) is 0 Å². The van der Waals surface area contributed by atoms with E-state index in [9.17, 15) is 4.79 Å². The standard InChI is InChI=1S/C36H35Cl2FN6O5/c1-21-40-9-10-42(21)11-14-45-28-16-22(35(46)47-3)15-25(38)33(28)41-32(45)18-43-12-13-44(30-20-48-19-29(30)43)27-5-4-6-31-34(27)50-36(2,49-31)24-8-7-23(37)17-26(24)39/h4-10,15-17,29-30H,11-14,18-20H2,1-3H3/t29-,30+,36-/m1/s1. The average Bonchev–Trinajstić information content (AvgIpc) is 3.89. The number of benzene rings is 3. The molecule has 3 atom stereocenters. The highest BCUT2D eigenvalue weighted by Gasteiger charge is 2.46. The number of imidazole rings is 2. The lowest BCUT2D eigenvalue weighted by atomic mass is 10.0. The van der Waals surface area contributed by atoms with Crippen molar-refractivity contribution in [2.45, 2.75) is 51.4 Å². The van der Waals surface area contributed by atoms with Gasteiger partial charge in [0.05, 0.1) is 66.3 Å². The molecule has 0 amide bonds. The first-order valence-electron chi connectivity index (χ1n) is 16.4. The zero-order valence-corrected chi connectivity index (χ0v) is 29.2. The van der Waals surface area contributed by atoms with E-state index in [0.717, 1.165) is 22.9 Å². The first kappa shape index (κ1) is 32.8. The summed E-state index contributed by atoms with van der Waals surface area (Å²) in [6.07, 6.45) is 3.73. The van der Waals surface area contributed by atoms with Crippen LogP contribution in [0.25, 0.3) is 11.0 Å². The van der Waals surface area contributed by atoms with Crippen LogP contribution in [0.1, 0.15) is 34.5 Å². The first-order valence-corrected chi connectivity index (χ1v) is 17.2. The van der Waals surface area contributed by atoms with Crippen molar-refractivity contribution in [1.29, 1.82) is 0 Å². The highest BCUT2D eigenvalue weighted by atomic mass is 35.5. The van der Waals surface area contributed by atoms with Gasteiger partial charge in [0.1, 0.15) is 23.0 Å². The minimum atomic E-state index is -1.36. The zero-order valence-electron chi connectivity index (χ0n) is 27.7. The van der Waals surface area contributed by atoms with Gasteiger partial charge in [-0.15, -0.1) is 0 Å². The van der Waals surface area contributed by atoms with Crippen LogP contribution < -0.4 is 14.4 Å². The van der Waals surface area contributed by atoms with E-state index in [-0.39, 0.29) is 17.6 Å². The van der Waals surface area contributed by atoms with Gasteiger partial charge in [-0.25, -0.2) is 19.2 Å². The van der Waals surface area contributed by atoms with E-state index < -0.39 is 17.6 Å². The minimum Gasteiger partial charge on any atom is -0.465 e. The maximum Gasteiger partial charge on any atom is 0.337 e. The van der Waals surface area contributed by atoms with Crippen molar-refractivity contribution in [1.82, 2.24) is 24.0 Å². The number of carbonyl (C=O) groups excluding carboxylic acids is 1. The van der Waals surface area contributed by atoms with E-state index in [1.54, 1.807) is 37.4 Å². The Labute approximate surface area is 298 Å². The van der Waals surface area contributed by atoms with Gasteiger partial charge in [0.2, 0.25) is 0 Å². The third-order valence-electron chi connectivity index (χ3n) is 9.95. The van der Waals surface area contributed by atoms with E-state index in [1.165, 1.54) is 13.2 Å². The Bertz CT molecular complexity index is 2120. The number of para-hydroxylation sites is 1. The van der Waals surface area contributed by atoms with Gasteiger partial charge in [-0.3, -0.25) is 4.90 Å². The number of ether oxygens (including phenoxy) is 4. The highest BCUT2D eigenvalue weighted by Crippen LogP contribution is 2.51. The number of esters is 1. The molecule has 5 heterocycles. The van der Waals surface area contributed by atoms with Gasteiger partial charge < -0.3 is 33.0 Å². The number of piperazine rings is 1. The second-order valence-corrected chi connectivity index (χ2v) is 13.7. The number of aryl methyl sites for hydroxylation is 3. The molecule has 0 saturated carbocycles. The van der Waals surface area contributed by atoms with Crippen LogP contribution in [-0.2, 0) is 34.9 Å². The SMILES string of the molecule is COC(=O)c1cc(Cl)c2nc(CN3CCN(c4cccc5c4O[C@](C)(c4ccc(Cl)cc4F)O5)[C@H]4COC[C@H]43)n(CCn3ccnc3C)c2c1. The van der Waals surface area contributed by atoms with E-state index in [4.69, 9.17) is 47.1 Å². The summed E-state index contributed by atoms with van der Waals surface area (Å²) < 4.78 is 43.1. The molecule has 2 fully saturated rings. The number of halogens is 3. The Morgan fingerprint density at radius 2 is 1.92 bits per heavy atom. The van der Waals surface area contributed by atoms with Crippen LogP contribution >= 0.6 is 23.2 Å². The van der Waals surface area contributed by atoms with Gasteiger partial charge in [0.15, 0.2) is 11.5 Å². The van der Waals surface area contributed by atoms with Gasteiger partial charge in [0.25, 0.3) is 5.79 Å². The number of carbonyl (C=O) groups is 1. The van der Waals surface area contributed by atoms with Gasteiger partial charge in [-0.2, -0.15) is 0 Å². The average molecular weight is 722 g/mol. The number of methoxy groups -OCH3 is 1. The molecule has 0 bridgehead atoms. The predicted octanol–water partition coefficient (Wildman–Crippen LogP) is 6.21. The van der Waals surface area contributed by atoms with Crippen LogP contribution in [0, 0.1) is 12.7 Å². The Kier molecular flexibility index (Phi) is 8.37. The molecule has 50 heavy (non-hydrogen) atoms. The summed E-state index contributed by atoms with van der Waals surface area (Å²) in [7, 11) is 1.35. The maximum absolute atomic E-state index is 15.0. The lowest BCUT2D eigenvalue weighted by molar-refractivity contribution is -0.0705. The van der Waals surface area contributed by atoms with Crippen molar-refractivity contribution in [3.63, 3.8) is 0 Å². The predicted molar refractivity (Wildman–Crippen MR) is 186 cm³/mol. The quantitative estimate of drug-likeness (QED) is 0.174. The Hall–Kier alpha value is -4.36. The molecule has 2 saturated heterocycles. The molecule has 0 unspecified atom stereocenters. The third kappa shape index (κ3) is 5.64. The van der Waals surface area contributed by atoms with Crippen molar-refractivity contribution >= 4 is 45.9 Å². The summed E-state index contributed by atoms with van der Waals surface area (Å²) in [5, 5.41) is 0.688. The molecule has 260 valence electrons. The fourth-order valence-corrected chi connectivity index (χ4v) is 7.83. The van der Waals surface area contributed by atoms with Gasteiger partial charge >= 0.3 is 5.97 Å². The molecule has 0 radical (unpaired) electrons. The molecule has 0 aliphatic carbocycles. The number of rotatable bonds is 8. The smallest absolute Gasteiger partial charge is 0.337 e. The molecule has 3 aliphatic heterocycles. The van der Waals surface area contributed by atoms with E-state index in [1.807, 2.05) is 31.3 Å². The van der Waals surface area contributed by atoms with Crippen molar-refractivity contribution in [2.75, 3.05) is 38.3 Å². The zero-order chi connectivity index (χ0) is 34.7. The number of aromatic nitrogens is 4. The summed E-state index contributed by atoms with van der Waals surface area (Å²) >= 11 is 12.8. The molecular weight excluding hydrogens is 686 g/mol. The van der Waals surface area contributed by atoms with Crippen LogP contribution in [0.2, 0.25) is 10.0 Å². The summed E-state index contributed by atoms with van der Waals surface area (Å²) in [4.78, 5) is 26.6. The van der Waals surface area contributed by atoms with Crippen molar-refractivity contribution in [2.24, 2.45) is 0 Å². The van der Waals surface area contributed by atoms with Crippen LogP contribution in [0.15, 0.2) is 60.9 Å². The summed E-state index contributed by atoms with van der Waals surface area (Å²) in [6, 6.07) is 13.7. The molecular formula is C36H35Cl2FN6O5. The molecule has 3 aliphatic rings. The monoisotopic (exact) mass is 720 g/mol. The number of anilines is 1. The number of hydrogen-bond acceptors (Lipinski definition) is 9. The lowest BCUT2D eigenvalue weighted by Gasteiger charge is -2.44. The fraction of sp³-hybridized carbons (Fsp3) is 0.361. The molecule has 2 aromatic heterocycles. The van der Waals surface area contributed by atoms with Crippen molar-refractivity contribution in [3.8, 4) is 11.5 Å². The highest BCUT2D eigenvalue weighted by molar-refractivity contribution is 6.35. The second kappa shape index (κ2) is 12.8. The maximum atomic E-state index is 15.0. The Morgan fingerprint density at radius 3 is 2.70 bits per heavy atom. The molecule has 5 aromatic rings. The minimum absolute atomic E-state index is 0.0129. The topological polar surface area (TPSA) is 96.1 Å².